The van der Waals surface area contributed by atoms with Crippen molar-refractivity contribution in [3.63, 3.8) is 0 Å². The summed E-state index contributed by atoms with van der Waals surface area (Å²) < 4.78 is 12.2. The molecular weight excluding hydrogens is 300 g/mol. The second-order valence-electron chi connectivity index (χ2n) is 6.70. The number of hydrogen-bond donors (Lipinski definition) is 0. The molecule has 1 atom stereocenters. The van der Waals surface area contributed by atoms with E-state index in [2.05, 4.69) is 36.4 Å². The van der Waals surface area contributed by atoms with Gasteiger partial charge in [-0.2, -0.15) is 0 Å². The molecule has 1 aliphatic heterocycles. The van der Waals surface area contributed by atoms with Crippen LogP contribution in [0.5, 0.6) is 0 Å². The average molecular weight is 326 g/mol. The zero-order chi connectivity index (χ0) is 16.8. The SMILES string of the molecule is CC(=O)CCC1C=CC(OC2CCCCO2)(c2ccccc2)C=C1. The van der Waals surface area contributed by atoms with Gasteiger partial charge in [0.1, 0.15) is 11.4 Å². The standard InChI is InChI=1S/C21H26O3/c1-17(22)10-11-18-12-14-21(15-13-18,19-7-3-2-4-8-19)24-20-9-5-6-16-23-20/h2-4,7-8,12-15,18,20H,5-6,9-11,16H2,1H3. The third-order valence-electron chi connectivity index (χ3n) is 4.70. The molecule has 0 aromatic heterocycles. The van der Waals surface area contributed by atoms with Gasteiger partial charge in [0.15, 0.2) is 6.29 Å². The van der Waals surface area contributed by atoms with Crippen LogP contribution in [0.4, 0.5) is 0 Å². The summed E-state index contributed by atoms with van der Waals surface area (Å²) in [6.07, 6.45) is 13.1. The molecule has 1 aromatic rings. The Labute approximate surface area is 144 Å². The summed E-state index contributed by atoms with van der Waals surface area (Å²) in [7, 11) is 0. The maximum atomic E-state index is 11.2. The second-order valence-corrected chi connectivity index (χ2v) is 6.70. The molecule has 0 spiro atoms. The number of benzene rings is 1. The Hall–Kier alpha value is -1.71. The Morgan fingerprint density at radius 3 is 2.58 bits per heavy atom. The number of hydrogen-bond acceptors (Lipinski definition) is 3. The van der Waals surface area contributed by atoms with Gasteiger partial charge in [-0.1, -0.05) is 42.5 Å². The molecule has 2 aliphatic rings. The first-order valence-electron chi connectivity index (χ1n) is 8.91. The summed E-state index contributed by atoms with van der Waals surface area (Å²) >= 11 is 0. The lowest BCUT2D eigenvalue weighted by molar-refractivity contribution is -0.202. The van der Waals surface area contributed by atoms with Gasteiger partial charge in [-0.05, 0) is 56.2 Å². The Morgan fingerprint density at radius 2 is 1.96 bits per heavy atom. The maximum absolute atomic E-state index is 11.2. The predicted molar refractivity (Wildman–Crippen MR) is 94.5 cm³/mol. The van der Waals surface area contributed by atoms with Crippen molar-refractivity contribution < 1.29 is 14.3 Å². The highest BCUT2D eigenvalue weighted by atomic mass is 16.7. The van der Waals surface area contributed by atoms with Gasteiger partial charge >= 0.3 is 0 Å². The fourth-order valence-corrected chi connectivity index (χ4v) is 3.27. The van der Waals surface area contributed by atoms with Crippen molar-refractivity contribution in [1.82, 2.24) is 0 Å². The summed E-state index contributed by atoms with van der Waals surface area (Å²) in [5.41, 5.74) is 0.535. The van der Waals surface area contributed by atoms with Gasteiger partial charge in [-0.3, -0.25) is 0 Å². The average Bonchev–Trinajstić information content (AvgIpc) is 2.63. The molecule has 128 valence electrons. The first-order valence-corrected chi connectivity index (χ1v) is 8.91. The molecule has 1 saturated heterocycles. The fraction of sp³-hybridized carbons (Fsp3) is 0.476. The molecule has 0 bridgehead atoms. The molecule has 1 fully saturated rings. The summed E-state index contributed by atoms with van der Waals surface area (Å²) in [5, 5.41) is 0. The van der Waals surface area contributed by atoms with Crippen LogP contribution in [0.25, 0.3) is 0 Å². The minimum atomic E-state index is -0.573. The molecule has 0 radical (unpaired) electrons. The molecule has 1 heterocycles. The van der Waals surface area contributed by atoms with Crippen molar-refractivity contribution in [3.8, 4) is 0 Å². The van der Waals surface area contributed by atoms with Gasteiger partial charge in [0.05, 0.1) is 0 Å². The largest absolute Gasteiger partial charge is 0.353 e. The van der Waals surface area contributed by atoms with E-state index in [1.807, 2.05) is 18.2 Å². The Bertz CT molecular complexity index is 583. The number of allylic oxidation sites excluding steroid dienone is 2. The van der Waals surface area contributed by atoms with Crippen LogP contribution >= 0.6 is 0 Å². The Kier molecular flexibility index (Phi) is 5.64. The normalized spacial score (nSPS) is 29.5. The van der Waals surface area contributed by atoms with Crippen LogP contribution in [0.2, 0.25) is 0 Å². The predicted octanol–water partition coefficient (Wildman–Crippen LogP) is 4.54. The van der Waals surface area contributed by atoms with Gasteiger partial charge in [0.25, 0.3) is 0 Å². The zero-order valence-electron chi connectivity index (χ0n) is 14.3. The van der Waals surface area contributed by atoms with Crippen molar-refractivity contribution >= 4 is 5.78 Å². The van der Waals surface area contributed by atoms with E-state index in [0.29, 0.717) is 12.3 Å². The van der Waals surface area contributed by atoms with E-state index < -0.39 is 5.60 Å². The number of ether oxygens (including phenoxy) is 2. The number of ketones is 1. The second kappa shape index (κ2) is 7.91. The summed E-state index contributed by atoms with van der Waals surface area (Å²) in [4.78, 5) is 11.2. The maximum Gasteiger partial charge on any atom is 0.159 e. The van der Waals surface area contributed by atoms with E-state index in [1.54, 1.807) is 6.92 Å². The molecule has 0 amide bonds. The van der Waals surface area contributed by atoms with E-state index in [9.17, 15) is 4.79 Å². The van der Waals surface area contributed by atoms with Crippen LogP contribution in [0, 0.1) is 5.92 Å². The molecule has 3 nitrogen and oxygen atoms in total. The highest BCUT2D eigenvalue weighted by Gasteiger charge is 2.34. The molecule has 3 rings (SSSR count). The lowest BCUT2D eigenvalue weighted by Crippen LogP contribution is -2.35. The van der Waals surface area contributed by atoms with Gasteiger partial charge in [-0.25, -0.2) is 0 Å². The van der Waals surface area contributed by atoms with E-state index in [-0.39, 0.29) is 12.1 Å². The van der Waals surface area contributed by atoms with E-state index >= 15 is 0 Å². The van der Waals surface area contributed by atoms with E-state index in [0.717, 1.165) is 37.9 Å². The van der Waals surface area contributed by atoms with Crippen LogP contribution < -0.4 is 0 Å². The van der Waals surface area contributed by atoms with Crippen LogP contribution in [0.3, 0.4) is 0 Å². The van der Waals surface area contributed by atoms with Crippen molar-refractivity contribution in [1.29, 1.82) is 0 Å². The molecule has 1 aliphatic carbocycles. The molecule has 1 unspecified atom stereocenters. The van der Waals surface area contributed by atoms with Crippen LogP contribution in [-0.2, 0) is 19.9 Å². The minimum absolute atomic E-state index is 0.165. The smallest absolute Gasteiger partial charge is 0.159 e. The highest BCUT2D eigenvalue weighted by Crippen LogP contribution is 2.36. The van der Waals surface area contributed by atoms with Crippen LogP contribution in [0.15, 0.2) is 54.6 Å². The third-order valence-corrected chi connectivity index (χ3v) is 4.70. The first kappa shape index (κ1) is 17.1. The van der Waals surface area contributed by atoms with Crippen molar-refractivity contribution in [2.24, 2.45) is 5.92 Å². The van der Waals surface area contributed by atoms with Gasteiger partial charge in [0.2, 0.25) is 0 Å². The molecule has 0 N–H and O–H groups in total. The summed E-state index contributed by atoms with van der Waals surface area (Å²) in [6, 6.07) is 10.3. The van der Waals surface area contributed by atoms with Crippen LogP contribution in [-0.4, -0.2) is 18.7 Å². The Balaban J connectivity index is 1.78. The minimum Gasteiger partial charge on any atom is -0.353 e. The van der Waals surface area contributed by atoms with Crippen LogP contribution in [0.1, 0.15) is 44.6 Å². The lowest BCUT2D eigenvalue weighted by atomic mass is 9.84. The van der Waals surface area contributed by atoms with E-state index in [1.165, 1.54) is 0 Å². The van der Waals surface area contributed by atoms with Crippen molar-refractivity contribution in [3.05, 3.63) is 60.2 Å². The monoisotopic (exact) mass is 326 g/mol. The van der Waals surface area contributed by atoms with Crippen molar-refractivity contribution in [2.45, 2.75) is 50.9 Å². The third kappa shape index (κ3) is 4.22. The topological polar surface area (TPSA) is 35.5 Å². The van der Waals surface area contributed by atoms with E-state index in [4.69, 9.17) is 9.47 Å². The lowest BCUT2D eigenvalue weighted by Gasteiger charge is -2.36. The molecule has 0 saturated carbocycles. The first-order chi connectivity index (χ1) is 11.7. The van der Waals surface area contributed by atoms with Gasteiger partial charge in [0, 0.05) is 13.0 Å². The summed E-state index contributed by atoms with van der Waals surface area (Å²) in [6.45, 7) is 2.41. The molecule has 1 aromatic carbocycles. The number of carbonyl (C=O) groups excluding carboxylic acids is 1. The van der Waals surface area contributed by atoms with Crippen molar-refractivity contribution in [2.75, 3.05) is 6.61 Å². The molecule has 3 heteroatoms. The quantitative estimate of drug-likeness (QED) is 0.720. The fourth-order valence-electron chi connectivity index (χ4n) is 3.27. The Morgan fingerprint density at radius 1 is 1.21 bits per heavy atom. The number of carbonyl (C=O) groups is 1. The van der Waals surface area contributed by atoms with Gasteiger partial charge in [-0.15, -0.1) is 0 Å². The van der Waals surface area contributed by atoms with Gasteiger partial charge < -0.3 is 14.3 Å². The number of rotatable bonds is 6. The molecule has 24 heavy (non-hydrogen) atoms. The molecular formula is C21H26O3. The number of Topliss-reactive ketones (excluding diaryl/α,β-unsaturated/α-hetero) is 1. The zero-order valence-corrected chi connectivity index (χ0v) is 14.3. The highest BCUT2D eigenvalue weighted by molar-refractivity contribution is 5.75. The summed E-state index contributed by atoms with van der Waals surface area (Å²) in [5.74, 6) is 0.533.